The van der Waals surface area contributed by atoms with Crippen LogP contribution < -0.4 is 0 Å². The number of ether oxygens (including phenoxy) is 1. The van der Waals surface area contributed by atoms with Crippen LogP contribution in [-0.4, -0.2) is 49.6 Å². The van der Waals surface area contributed by atoms with Crippen molar-refractivity contribution in [3.8, 4) is 0 Å². The minimum absolute atomic E-state index is 0.0211. The Balaban J connectivity index is 1.53. The van der Waals surface area contributed by atoms with E-state index >= 15 is 0 Å². The molecule has 7 nitrogen and oxygen atoms in total. The number of morpholine rings is 1. The topological polar surface area (TPSA) is 71.9 Å². The SMILES string of the molecule is CCn1cnnc1C1CN(Cc2cccc3cn[nH]c23)CCO1. The Kier molecular flexibility index (Phi) is 3.80. The molecule has 0 amide bonds. The summed E-state index contributed by atoms with van der Waals surface area (Å²) in [4.78, 5) is 2.40. The molecule has 120 valence electrons. The van der Waals surface area contributed by atoms with Crippen molar-refractivity contribution in [2.24, 2.45) is 0 Å². The van der Waals surface area contributed by atoms with Crippen molar-refractivity contribution in [3.05, 3.63) is 42.1 Å². The number of hydrogen-bond donors (Lipinski definition) is 1. The van der Waals surface area contributed by atoms with E-state index in [0.29, 0.717) is 6.61 Å². The minimum Gasteiger partial charge on any atom is -0.368 e. The molecule has 3 aromatic rings. The molecule has 2 aromatic heterocycles. The fraction of sp³-hybridized carbons (Fsp3) is 0.438. The van der Waals surface area contributed by atoms with Gasteiger partial charge in [0, 0.05) is 31.6 Å². The van der Waals surface area contributed by atoms with E-state index < -0.39 is 0 Å². The van der Waals surface area contributed by atoms with E-state index in [2.05, 4.69) is 50.4 Å². The number of H-pyrrole nitrogens is 1. The van der Waals surface area contributed by atoms with Crippen LogP contribution in [0.2, 0.25) is 0 Å². The third kappa shape index (κ3) is 2.73. The molecule has 23 heavy (non-hydrogen) atoms. The van der Waals surface area contributed by atoms with Gasteiger partial charge in [-0.05, 0) is 12.5 Å². The summed E-state index contributed by atoms with van der Waals surface area (Å²) in [5.74, 6) is 0.914. The first-order chi connectivity index (χ1) is 11.3. The number of fused-ring (bicyclic) bond motifs is 1. The maximum Gasteiger partial charge on any atom is 0.163 e. The fourth-order valence-electron chi connectivity index (χ4n) is 3.16. The zero-order chi connectivity index (χ0) is 15.6. The number of aryl methyl sites for hydroxylation is 1. The van der Waals surface area contributed by atoms with Gasteiger partial charge < -0.3 is 9.30 Å². The maximum atomic E-state index is 5.92. The highest BCUT2D eigenvalue weighted by Gasteiger charge is 2.26. The summed E-state index contributed by atoms with van der Waals surface area (Å²) >= 11 is 0. The van der Waals surface area contributed by atoms with Gasteiger partial charge in [-0.2, -0.15) is 5.10 Å². The molecule has 1 atom stereocenters. The van der Waals surface area contributed by atoms with Gasteiger partial charge in [-0.3, -0.25) is 10.00 Å². The molecule has 4 rings (SSSR count). The average Bonchev–Trinajstić information content (AvgIpc) is 3.24. The Hall–Kier alpha value is -2.25. The zero-order valence-electron chi connectivity index (χ0n) is 13.1. The van der Waals surface area contributed by atoms with E-state index in [9.17, 15) is 0 Å². The van der Waals surface area contributed by atoms with Crippen LogP contribution in [0.4, 0.5) is 0 Å². The molecule has 1 unspecified atom stereocenters. The van der Waals surface area contributed by atoms with Crippen LogP contribution in [0.25, 0.3) is 10.9 Å². The fourth-order valence-corrected chi connectivity index (χ4v) is 3.16. The van der Waals surface area contributed by atoms with Crippen molar-refractivity contribution in [2.75, 3.05) is 19.7 Å². The first kappa shape index (κ1) is 14.3. The summed E-state index contributed by atoms with van der Waals surface area (Å²) in [5.41, 5.74) is 2.38. The first-order valence-corrected chi connectivity index (χ1v) is 7.97. The third-order valence-corrected chi connectivity index (χ3v) is 4.38. The number of para-hydroxylation sites is 1. The molecule has 1 aromatic carbocycles. The molecule has 1 fully saturated rings. The van der Waals surface area contributed by atoms with Crippen molar-refractivity contribution >= 4 is 10.9 Å². The van der Waals surface area contributed by atoms with Gasteiger partial charge in [-0.1, -0.05) is 18.2 Å². The maximum absolute atomic E-state index is 5.92. The molecule has 3 heterocycles. The molecule has 1 N–H and O–H groups in total. The second-order valence-corrected chi connectivity index (χ2v) is 5.82. The van der Waals surface area contributed by atoms with Crippen LogP contribution in [-0.2, 0) is 17.8 Å². The molecular weight excluding hydrogens is 292 g/mol. The van der Waals surface area contributed by atoms with Crippen molar-refractivity contribution < 1.29 is 4.74 Å². The molecule has 1 aliphatic rings. The predicted octanol–water partition coefficient (Wildman–Crippen LogP) is 1.75. The number of hydrogen-bond acceptors (Lipinski definition) is 5. The molecule has 1 aliphatic heterocycles. The van der Waals surface area contributed by atoms with Crippen molar-refractivity contribution in [1.29, 1.82) is 0 Å². The summed E-state index contributed by atoms with van der Waals surface area (Å²) in [6.07, 6.45) is 3.61. The number of aromatic nitrogens is 5. The first-order valence-electron chi connectivity index (χ1n) is 7.97. The lowest BCUT2D eigenvalue weighted by atomic mass is 10.1. The molecule has 0 spiro atoms. The van der Waals surface area contributed by atoms with Gasteiger partial charge in [-0.25, -0.2) is 0 Å². The van der Waals surface area contributed by atoms with E-state index in [1.807, 2.05) is 10.8 Å². The Labute approximate surface area is 134 Å². The van der Waals surface area contributed by atoms with E-state index in [-0.39, 0.29) is 6.10 Å². The minimum atomic E-state index is -0.0211. The molecule has 0 saturated carbocycles. The molecule has 7 heteroatoms. The Bertz CT molecular complexity index is 795. The summed E-state index contributed by atoms with van der Waals surface area (Å²) in [7, 11) is 0. The second kappa shape index (κ2) is 6.10. The normalized spacial score (nSPS) is 19.4. The largest absolute Gasteiger partial charge is 0.368 e. The van der Waals surface area contributed by atoms with Crippen molar-refractivity contribution in [2.45, 2.75) is 26.1 Å². The number of aromatic amines is 1. The van der Waals surface area contributed by atoms with Crippen LogP contribution in [0.1, 0.15) is 24.4 Å². The van der Waals surface area contributed by atoms with Crippen LogP contribution >= 0.6 is 0 Å². The van der Waals surface area contributed by atoms with E-state index in [1.165, 1.54) is 5.56 Å². The van der Waals surface area contributed by atoms with Crippen molar-refractivity contribution in [1.82, 2.24) is 29.9 Å². The Morgan fingerprint density at radius 1 is 1.39 bits per heavy atom. The predicted molar refractivity (Wildman–Crippen MR) is 85.8 cm³/mol. The number of rotatable bonds is 4. The lowest BCUT2D eigenvalue weighted by Crippen LogP contribution is -2.38. The van der Waals surface area contributed by atoms with Gasteiger partial charge in [-0.15, -0.1) is 10.2 Å². The Morgan fingerprint density at radius 3 is 3.26 bits per heavy atom. The quantitative estimate of drug-likeness (QED) is 0.794. The second-order valence-electron chi connectivity index (χ2n) is 5.82. The summed E-state index contributed by atoms with van der Waals surface area (Å²) in [5, 5.41) is 16.6. The van der Waals surface area contributed by atoms with Gasteiger partial charge in [0.2, 0.25) is 0 Å². The van der Waals surface area contributed by atoms with Crippen LogP contribution in [0.15, 0.2) is 30.7 Å². The van der Waals surface area contributed by atoms with Gasteiger partial charge in [0.05, 0.1) is 18.3 Å². The Morgan fingerprint density at radius 2 is 2.35 bits per heavy atom. The highest BCUT2D eigenvalue weighted by atomic mass is 16.5. The molecule has 0 bridgehead atoms. The molecule has 0 aliphatic carbocycles. The number of nitrogens with one attached hydrogen (secondary N) is 1. The monoisotopic (exact) mass is 312 g/mol. The number of benzene rings is 1. The molecule has 1 saturated heterocycles. The third-order valence-electron chi connectivity index (χ3n) is 4.38. The van der Waals surface area contributed by atoms with Gasteiger partial charge in [0.25, 0.3) is 0 Å². The lowest BCUT2D eigenvalue weighted by molar-refractivity contribution is -0.0387. The summed E-state index contributed by atoms with van der Waals surface area (Å²) in [6.45, 7) is 6.27. The van der Waals surface area contributed by atoms with Crippen LogP contribution in [0.3, 0.4) is 0 Å². The molecular formula is C16H20N6O. The summed E-state index contributed by atoms with van der Waals surface area (Å²) < 4.78 is 7.97. The van der Waals surface area contributed by atoms with Gasteiger partial charge in [0.1, 0.15) is 12.4 Å². The van der Waals surface area contributed by atoms with Gasteiger partial charge >= 0.3 is 0 Å². The standard InChI is InChI=1S/C16H20N6O/c1-2-22-11-18-20-16(22)14-10-21(6-7-23-14)9-13-5-3-4-12-8-17-19-15(12)13/h3-5,8,11,14H,2,6-7,9-10H2,1H3,(H,17,19). The van der Waals surface area contributed by atoms with Crippen molar-refractivity contribution in [3.63, 3.8) is 0 Å². The lowest BCUT2D eigenvalue weighted by Gasteiger charge is -2.32. The summed E-state index contributed by atoms with van der Waals surface area (Å²) in [6, 6.07) is 6.31. The van der Waals surface area contributed by atoms with E-state index in [4.69, 9.17) is 4.74 Å². The van der Waals surface area contributed by atoms with Gasteiger partial charge in [0.15, 0.2) is 5.82 Å². The van der Waals surface area contributed by atoms with E-state index in [1.54, 1.807) is 6.33 Å². The highest BCUT2D eigenvalue weighted by Crippen LogP contribution is 2.23. The molecule has 0 radical (unpaired) electrons. The smallest absolute Gasteiger partial charge is 0.163 e. The van der Waals surface area contributed by atoms with E-state index in [0.717, 1.165) is 42.9 Å². The average molecular weight is 312 g/mol. The van der Waals surface area contributed by atoms with Crippen LogP contribution in [0.5, 0.6) is 0 Å². The number of nitrogens with zero attached hydrogens (tertiary/aromatic N) is 5. The van der Waals surface area contributed by atoms with Crippen LogP contribution in [0, 0.1) is 0 Å². The highest BCUT2D eigenvalue weighted by molar-refractivity contribution is 5.81. The zero-order valence-corrected chi connectivity index (χ0v) is 13.1.